The summed E-state index contributed by atoms with van der Waals surface area (Å²) in [6, 6.07) is 0. The van der Waals surface area contributed by atoms with Gasteiger partial charge < -0.3 is 4.90 Å². The van der Waals surface area contributed by atoms with E-state index in [0.29, 0.717) is 6.42 Å². The molecule has 0 bridgehead atoms. The number of carbonyl (C=O) groups is 1. The van der Waals surface area contributed by atoms with Crippen LogP contribution in [0.1, 0.15) is 30.7 Å². The molecular formula is C17H18N2OS. The number of amides is 1. The van der Waals surface area contributed by atoms with Crippen LogP contribution in [0.5, 0.6) is 0 Å². The molecule has 4 rings (SSSR count). The van der Waals surface area contributed by atoms with Crippen molar-refractivity contribution in [2.24, 2.45) is 0 Å². The van der Waals surface area contributed by atoms with Gasteiger partial charge in [-0.25, -0.2) is 4.98 Å². The number of hydrogen-bond acceptors (Lipinski definition) is 3. The predicted octanol–water partition coefficient (Wildman–Crippen LogP) is 1.53. The third-order valence-electron chi connectivity index (χ3n) is 4.36. The van der Waals surface area contributed by atoms with Crippen molar-refractivity contribution in [1.82, 2.24) is 9.88 Å². The van der Waals surface area contributed by atoms with Gasteiger partial charge in [-0.2, -0.15) is 0 Å². The van der Waals surface area contributed by atoms with Crippen molar-refractivity contribution in [2.45, 2.75) is 32.1 Å². The first-order valence-corrected chi connectivity index (χ1v) is 8.48. The molecule has 1 fully saturated rings. The van der Waals surface area contributed by atoms with Crippen LogP contribution < -0.4 is 9.88 Å². The number of aromatic nitrogens is 1. The van der Waals surface area contributed by atoms with Crippen LogP contribution in [0.25, 0.3) is 11.6 Å². The number of hydrogen-bond donors (Lipinski definition) is 0. The van der Waals surface area contributed by atoms with Crippen LogP contribution in [0.4, 0.5) is 0 Å². The van der Waals surface area contributed by atoms with E-state index < -0.39 is 0 Å². The van der Waals surface area contributed by atoms with E-state index >= 15 is 0 Å². The minimum atomic E-state index is 0.242. The van der Waals surface area contributed by atoms with E-state index in [1.807, 2.05) is 4.90 Å². The Morgan fingerprint density at radius 2 is 2.14 bits per heavy atom. The monoisotopic (exact) mass is 298 g/mol. The van der Waals surface area contributed by atoms with E-state index in [0.717, 1.165) is 42.7 Å². The minimum absolute atomic E-state index is 0.242. The summed E-state index contributed by atoms with van der Waals surface area (Å²) < 4.78 is 1.22. The van der Waals surface area contributed by atoms with Gasteiger partial charge >= 0.3 is 0 Å². The smallest absolute Gasteiger partial charge is 0.229 e. The van der Waals surface area contributed by atoms with Crippen molar-refractivity contribution in [1.29, 1.82) is 0 Å². The standard InChI is InChI=1S/C17H18N2OS/c20-16(19-8-4-1-5-9-19)11-15-18-17-13-7-3-2-6-12(13)10-14(17)21-15/h2-3,6,10H,1,4-5,7-9,11H2. The highest BCUT2D eigenvalue weighted by molar-refractivity contribution is 7.09. The molecule has 3 nitrogen and oxygen atoms in total. The van der Waals surface area contributed by atoms with Crippen molar-refractivity contribution in [3.8, 4) is 0 Å². The maximum absolute atomic E-state index is 12.3. The van der Waals surface area contributed by atoms with Crippen LogP contribution in [-0.2, 0) is 11.2 Å². The first kappa shape index (κ1) is 13.0. The zero-order valence-corrected chi connectivity index (χ0v) is 12.8. The highest BCUT2D eigenvalue weighted by atomic mass is 32.1. The molecule has 0 atom stereocenters. The third kappa shape index (κ3) is 2.38. The first-order chi connectivity index (χ1) is 10.3. The lowest BCUT2D eigenvalue weighted by Crippen LogP contribution is -2.36. The summed E-state index contributed by atoms with van der Waals surface area (Å²) in [5.74, 6) is 0.242. The maximum atomic E-state index is 12.3. The molecular weight excluding hydrogens is 280 g/mol. The second kappa shape index (κ2) is 5.26. The van der Waals surface area contributed by atoms with Gasteiger partial charge in [-0.3, -0.25) is 4.79 Å². The molecule has 2 heterocycles. The number of rotatable bonds is 2. The normalized spacial score (nSPS) is 19.9. The summed E-state index contributed by atoms with van der Waals surface area (Å²) in [7, 11) is 0. The number of nitrogens with zero attached hydrogens (tertiary/aromatic N) is 2. The predicted molar refractivity (Wildman–Crippen MR) is 85.2 cm³/mol. The average Bonchev–Trinajstić information content (AvgIpc) is 3.05. The molecule has 2 aliphatic carbocycles. The maximum Gasteiger partial charge on any atom is 0.229 e. The molecule has 0 unspecified atom stereocenters. The van der Waals surface area contributed by atoms with Gasteiger partial charge in [-0.05, 0) is 42.9 Å². The second-order valence-electron chi connectivity index (χ2n) is 5.82. The molecule has 1 amide bonds. The summed E-state index contributed by atoms with van der Waals surface area (Å²) in [6.07, 6.45) is 13.6. The van der Waals surface area contributed by atoms with Crippen molar-refractivity contribution < 1.29 is 4.79 Å². The van der Waals surface area contributed by atoms with Gasteiger partial charge in [0.1, 0.15) is 5.01 Å². The molecule has 21 heavy (non-hydrogen) atoms. The molecule has 1 aliphatic heterocycles. The number of fused-ring (bicyclic) bond motifs is 2. The number of piperidine rings is 1. The van der Waals surface area contributed by atoms with Crippen LogP contribution >= 0.6 is 11.3 Å². The van der Waals surface area contributed by atoms with Crippen LogP contribution in [0.3, 0.4) is 0 Å². The summed E-state index contributed by atoms with van der Waals surface area (Å²) in [4.78, 5) is 19.1. The van der Waals surface area contributed by atoms with Gasteiger partial charge in [-0.1, -0.05) is 18.2 Å². The van der Waals surface area contributed by atoms with E-state index in [1.165, 1.54) is 22.1 Å². The van der Waals surface area contributed by atoms with E-state index in [2.05, 4.69) is 24.3 Å². The molecule has 0 N–H and O–H groups in total. The Kier molecular flexibility index (Phi) is 3.26. The molecule has 1 aromatic rings. The fraction of sp³-hybridized carbons (Fsp3) is 0.412. The Balaban J connectivity index is 1.57. The average molecular weight is 298 g/mol. The Morgan fingerprint density at radius 3 is 3.00 bits per heavy atom. The van der Waals surface area contributed by atoms with Crippen LogP contribution in [0.2, 0.25) is 0 Å². The van der Waals surface area contributed by atoms with Gasteiger partial charge in [-0.15, -0.1) is 11.3 Å². The van der Waals surface area contributed by atoms with Gasteiger partial charge in [0, 0.05) is 13.1 Å². The first-order valence-electron chi connectivity index (χ1n) is 7.67. The van der Waals surface area contributed by atoms with Gasteiger partial charge in [0.2, 0.25) is 5.91 Å². The number of allylic oxidation sites excluding steroid dienone is 4. The lowest BCUT2D eigenvalue weighted by Gasteiger charge is -2.26. The molecule has 4 heteroatoms. The molecule has 108 valence electrons. The number of thiazole rings is 1. The van der Waals surface area contributed by atoms with Crippen LogP contribution in [-0.4, -0.2) is 28.9 Å². The van der Waals surface area contributed by atoms with Crippen LogP contribution in [0.15, 0.2) is 23.8 Å². The lowest BCUT2D eigenvalue weighted by molar-refractivity contribution is -0.131. The van der Waals surface area contributed by atoms with Crippen molar-refractivity contribution >= 4 is 28.9 Å². The Bertz CT molecular complexity index is 763. The van der Waals surface area contributed by atoms with Crippen molar-refractivity contribution in [3.63, 3.8) is 0 Å². The largest absolute Gasteiger partial charge is 0.342 e. The van der Waals surface area contributed by atoms with Gasteiger partial charge in [0.05, 0.1) is 16.3 Å². The SMILES string of the molecule is O=C(Cc1nc2c(s1)=CC1=CC=CCC=21)N1CCCCC1. The van der Waals surface area contributed by atoms with E-state index in [1.54, 1.807) is 11.3 Å². The fourth-order valence-corrected chi connectivity index (χ4v) is 4.28. The van der Waals surface area contributed by atoms with Crippen molar-refractivity contribution in [3.05, 3.63) is 38.7 Å². The number of likely N-dealkylation sites (tertiary alicyclic amines) is 1. The Morgan fingerprint density at radius 1 is 1.29 bits per heavy atom. The van der Waals surface area contributed by atoms with Gasteiger partial charge in [0.25, 0.3) is 0 Å². The Hall–Kier alpha value is -1.68. The highest BCUT2D eigenvalue weighted by Crippen LogP contribution is 2.23. The summed E-state index contributed by atoms with van der Waals surface area (Å²) in [6.45, 7) is 1.84. The quantitative estimate of drug-likeness (QED) is 0.829. The summed E-state index contributed by atoms with van der Waals surface area (Å²) in [5.41, 5.74) is 2.61. The molecule has 0 aromatic carbocycles. The zero-order valence-electron chi connectivity index (χ0n) is 12.0. The second-order valence-corrected chi connectivity index (χ2v) is 6.93. The topological polar surface area (TPSA) is 33.2 Å². The zero-order chi connectivity index (χ0) is 14.2. The summed E-state index contributed by atoms with van der Waals surface area (Å²) >= 11 is 1.68. The van der Waals surface area contributed by atoms with E-state index in [4.69, 9.17) is 4.98 Å². The fourth-order valence-electron chi connectivity index (χ4n) is 3.24. The number of carbonyl (C=O) groups excluding carboxylic acids is 1. The molecule has 0 saturated carbocycles. The lowest BCUT2D eigenvalue weighted by atomic mass is 10.0. The van der Waals surface area contributed by atoms with Crippen molar-refractivity contribution in [2.75, 3.05) is 13.1 Å². The van der Waals surface area contributed by atoms with Gasteiger partial charge in [0.15, 0.2) is 0 Å². The summed E-state index contributed by atoms with van der Waals surface area (Å²) in [5, 5.41) is 2.07. The molecule has 0 spiro atoms. The highest BCUT2D eigenvalue weighted by Gasteiger charge is 2.20. The molecule has 1 saturated heterocycles. The third-order valence-corrected chi connectivity index (χ3v) is 5.37. The minimum Gasteiger partial charge on any atom is -0.342 e. The Labute approximate surface area is 128 Å². The van der Waals surface area contributed by atoms with E-state index in [-0.39, 0.29) is 5.91 Å². The molecule has 1 aromatic heterocycles. The molecule has 0 radical (unpaired) electrons. The molecule has 3 aliphatic rings. The van der Waals surface area contributed by atoms with Crippen LogP contribution in [0, 0.1) is 0 Å². The van der Waals surface area contributed by atoms with E-state index in [9.17, 15) is 4.79 Å².